The van der Waals surface area contributed by atoms with Gasteiger partial charge in [-0.1, -0.05) is 103 Å². The van der Waals surface area contributed by atoms with E-state index in [1.807, 2.05) is 19.1 Å². The van der Waals surface area contributed by atoms with Crippen LogP contribution in [0.25, 0.3) is 11.1 Å². The summed E-state index contributed by atoms with van der Waals surface area (Å²) in [5, 5.41) is 10.5. The van der Waals surface area contributed by atoms with Gasteiger partial charge in [0, 0.05) is 18.6 Å². The Morgan fingerprint density at radius 2 is 1.24 bits per heavy atom. The zero-order valence-electron chi connectivity index (χ0n) is 27.9. The molecule has 0 saturated carbocycles. The number of Topliss-reactive ketones (excluding diaryl/α,β-unsaturated/α-hetero) is 1. The maximum atomic E-state index is 12.8. The van der Waals surface area contributed by atoms with Gasteiger partial charge in [-0.2, -0.15) is 0 Å². The Labute approximate surface area is 274 Å². The number of carbonyl (C=O) groups excluding carboxylic acids is 3. The first kappa shape index (κ1) is 36.5. The highest BCUT2D eigenvalue weighted by Crippen LogP contribution is 2.28. The molecule has 3 rings (SSSR count). The van der Waals surface area contributed by atoms with Gasteiger partial charge in [-0.15, -0.1) is 0 Å². The second-order valence-corrected chi connectivity index (χ2v) is 12.0. The molecule has 1 N–H and O–H groups in total. The zero-order chi connectivity index (χ0) is 33.3. The number of hydrogen-bond acceptors (Lipinski definition) is 7. The van der Waals surface area contributed by atoms with E-state index in [0.29, 0.717) is 17.9 Å². The van der Waals surface area contributed by atoms with Crippen molar-refractivity contribution in [2.45, 2.75) is 104 Å². The molecule has 0 bridgehead atoms. The number of unbranched alkanes of at least 4 members (excludes halogenated alkanes) is 8. The Balaban J connectivity index is 1.49. The minimum Gasteiger partial charge on any atom is -0.507 e. The molecule has 0 aromatic heterocycles. The van der Waals surface area contributed by atoms with Crippen LogP contribution in [0.1, 0.15) is 119 Å². The van der Waals surface area contributed by atoms with Crippen LogP contribution >= 0.6 is 0 Å². The first-order valence-electron chi connectivity index (χ1n) is 16.9. The summed E-state index contributed by atoms with van der Waals surface area (Å²) in [6.07, 6.45) is 11.4. The molecule has 3 aromatic carbocycles. The van der Waals surface area contributed by atoms with Gasteiger partial charge in [-0.25, -0.2) is 9.59 Å². The molecule has 2 unspecified atom stereocenters. The summed E-state index contributed by atoms with van der Waals surface area (Å²) < 4.78 is 16.6. The van der Waals surface area contributed by atoms with Gasteiger partial charge in [0.15, 0.2) is 11.9 Å². The number of rotatable bonds is 20. The zero-order valence-corrected chi connectivity index (χ0v) is 27.9. The summed E-state index contributed by atoms with van der Waals surface area (Å²) in [4.78, 5) is 38.0. The fourth-order valence-corrected chi connectivity index (χ4v) is 5.15. The summed E-state index contributed by atoms with van der Waals surface area (Å²) >= 11 is 0. The summed E-state index contributed by atoms with van der Waals surface area (Å²) in [5.41, 5.74) is 2.33. The minimum absolute atomic E-state index is 0.115. The fraction of sp³-hybridized carbons (Fsp3) is 0.462. The molecule has 0 heterocycles. The molecule has 248 valence electrons. The molecule has 0 saturated heterocycles. The molecule has 7 nitrogen and oxygen atoms in total. The highest BCUT2D eigenvalue weighted by molar-refractivity contribution is 6.00. The Hall–Kier alpha value is -3.97. The van der Waals surface area contributed by atoms with E-state index in [-0.39, 0.29) is 28.8 Å². The molecule has 0 spiro atoms. The van der Waals surface area contributed by atoms with Gasteiger partial charge >= 0.3 is 11.9 Å². The van der Waals surface area contributed by atoms with E-state index in [1.165, 1.54) is 43.9 Å². The number of carbonyl (C=O) groups is 3. The van der Waals surface area contributed by atoms with Crippen molar-refractivity contribution in [2.24, 2.45) is 5.92 Å². The molecule has 46 heavy (non-hydrogen) atoms. The normalized spacial score (nSPS) is 12.3. The van der Waals surface area contributed by atoms with Crippen molar-refractivity contribution >= 4 is 17.7 Å². The van der Waals surface area contributed by atoms with Crippen molar-refractivity contribution in [3.63, 3.8) is 0 Å². The number of ketones is 1. The van der Waals surface area contributed by atoms with Gasteiger partial charge in [0.1, 0.15) is 17.2 Å². The smallest absolute Gasteiger partial charge is 0.343 e. The molecule has 0 radical (unpaired) electrons. The van der Waals surface area contributed by atoms with Gasteiger partial charge in [0.05, 0.1) is 11.1 Å². The van der Waals surface area contributed by atoms with E-state index >= 15 is 0 Å². The summed E-state index contributed by atoms with van der Waals surface area (Å²) in [5.74, 6) is -0.921. The molecule has 2 atom stereocenters. The maximum absolute atomic E-state index is 12.8. The summed E-state index contributed by atoms with van der Waals surface area (Å²) in [7, 11) is 0. The van der Waals surface area contributed by atoms with Crippen LogP contribution in [-0.2, 0) is 9.53 Å². The van der Waals surface area contributed by atoms with Crippen molar-refractivity contribution < 1.29 is 33.7 Å². The Morgan fingerprint density at radius 3 is 1.87 bits per heavy atom. The van der Waals surface area contributed by atoms with Crippen LogP contribution in [-0.4, -0.2) is 35.5 Å². The third-order valence-corrected chi connectivity index (χ3v) is 8.11. The molecule has 0 amide bonds. The number of hydrogen-bond donors (Lipinski definition) is 1. The molecule has 0 fully saturated rings. The van der Waals surface area contributed by atoms with Crippen LogP contribution in [0.5, 0.6) is 17.2 Å². The first-order chi connectivity index (χ1) is 22.2. The average molecular weight is 631 g/mol. The molecular formula is C39H50O7. The molecule has 0 aliphatic carbocycles. The van der Waals surface area contributed by atoms with Gasteiger partial charge in [-0.3, -0.25) is 4.79 Å². The maximum Gasteiger partial charge on any atom is 0.343 e. The molecule has 0 aliphatic heterocycles. The standard InChI is InChI=1S/C39H50O7/c1-5-7-9-11-12-14-26-44-29(4)38(42)45-33-22-20-31(21-23-33)30-16-18-32(19-17-30)39(43)46-34-24-25-35(36(40)27-34)37(41)28(3)15-13-10-8-6-2/h16-25,27-29,40H,5-15,26H2,1-4H3. The number of aromatic hydroxyl groups is 1. The number of phenolic OH excluding ortho intramolecular Hbond substituents is 1. The topological polar surface area (TPSA) is 99.1 Å². The van der Waals surface area contributed by atoms with Gasteiger partial charge in [0.25, 0.3) is 0 Å². The number of ether oxygens (including phenoxy) is 3. The summed E-state index contributed by atoms with van der Waals surface area (Å²) in [6.45, 7) is 8.47. The van der Waals surface area contributed by atoms with E-state index in [1.54, 1.807) is 43.3 Å². The van der Waals surface area contributed by atoms with Crippen LogP contribution in [0, 0.1) is 5.92 Å². The Bertz CT molecular complexity index is 1380. The lowest BCUT2D eigenvalue weighted by Crippen LogP contribution is -2.26. The van der Waals surface area contributed by atoms with Crippen molar-refractivity contribution in [1.82, 2.24) is 0 Å². The molecule has 0 aliphatic rings. The van der Waals surface area contributed by atoms with E-state index < -0.39 is 18.0 Å². The SMILES string of the molecule is CCCCCCCCOC(C)C(=O)Oc1ccc(-c2ccc(C(=O)Oc3ccc(C(=O)C(C)CCCCCC)c(O)c3)cc2)cc1. The summed E-state index contributed by atoms with van der Waals surface area (Å²) in [6, 6.07) is 18.4. The number of phenols is 1. The second-order valence-electron chi connectivity index (χ2n) is 12.0. The average Bonchev–Trinajstić information content (AvgIpc) is 3.06. The van der Waals surface area contributed by atoms with Crippen LogP contribution in [0.3, 0.4) is 0 Å². The Kier molecular flexibility index (Phi) is 15.5. The van der Waals surface area contributed by atoms with Crippen molar-refractivity contribution in [3.05, 3.63) is 77.9 Å². The number of benzene rings is 3. The predicted molar refractivity (Wildman–Crippen MR) is 182 cm³/mol. The second kappa shape index (κ2) is 19.5. The minimum atomic E-state index is -0.638. The predicted octanol–water partition coefficient (Wildman–Crippen LogP) is 9.74. The van der Waals surface area contributed by atoms with E-state index in [9.17, 15) is 19.5 Å². The monoisotopic (exact) mass is 630 g/mol. The van der Waals surface area contributed by atoms with E-state index in [4.69, 9.17) is 14.2 Å². The largest absolute Gasteiger partial charge is 0.507 e. The van der Waals surface area contributed by atoms with Crippen molar-refractivity contribution in [2.75, 3.05) is 6.61 Å². The highest BCUT2D eigenvalue weighted by atomic mass is 16.6. The molecular weight excluding hydrogens is 580 g/mol. The lowest BCUT2D eigenvalue weighted by atomic mass is 9.93. The van der Waals surface area contributed by atoms with Gasteiger partial charge in [-0.05, 0) is 67.3 Å². The van der Waals surface area contributed by atoms with Crippen molar-refractivity contribution in [1.29, 1.82) is 0 Å². The highest BCUT2D eigenvalue weighted by Gasteiger charge is 2.20. The molecule has 3 aromatic rings. The lowest BCUT2D eigenvalue weighted by molar-refractivity contribution is -0.146. The Morgan fingerprint density at radius 1 is 0.674 bits per heavy atom. The number of esters is 2. The quantitative estimate of drug-likeness (QED) is 0.0574. The van der Waals surface area contributed by atoms with Crippen LogP contribution < -0.4 is 9.47 Å². The van der Waals surface area contributed by atoms with Crippen LogP contribution in [0.4, 0.5) is 0 Å². The van der Waals surface area contributed by atoms with Gasteiger partial charge in [0.2, 0.25) is 0 Å². The first-order valence-corrected chi connectivity index (χ1v) is 16.9. The van der Waals surface area contributed by atoms with Gasteiger partial charge < -0.3 is 19.3 Å². The van der Waals surface area contributed by atoms with Crippen molar-refractivity contribution in [3.8, 4) is 28.4 Å². The van der Waals surface area contributed by atoms with E-state index in [2.05, 4.69) is 13.8 Å². The fourth-order valence-electron chi connectivity index (χ4n) is 5.15. The van der Waals surface area contributed by atoms with E-state index in [0.717, 1.165) is 56.1 Å². The molecule has 7 heteroatoms. The third kappa shape index (κ3) is 11.8. The van der Waals surface area contributed by atoms with Crippen LogP contribution in [0.2, 0.25) is 0 Å². The lowest BCUT2D eigenvalue weighted by Gasteiger charge is -2.13. The third-order valence-electron chi connectivity index (χ3n) is 8.11. The van der Waals surface area contributed by atoms with Crippen LogP contribution in [0.15, 0.2) is 66.7 Å².